The van der Waals surface area contributed by atoms with E-state index in [1.165, 1.54) is 5.56 Å². The van der Waals surface area contributed by atoms with Crippen molar-refractivity contribution in [1.29, 1.82) is 0 Å². The van der Waals surface area contributed by atoms with Gasteiger partial charge in [-0.1, -0.05) is 30.3 Å². The summed E-state index contributed by atoms with van der Waals surface area (Å²) in [6.07, 6.45) is 0.921. The second-order valence-corrected chi connectivity index (χ2v) is 4.39. The molecule has 2 rings (SSSR count). The summed E-state index contributed by atoms with van der Waals surface area (Å²) in [6.45, 7) is 0.992. The van der Waals surface area contributed by atoms with Crippen LogP contribution in [0, 0.1) is 0 Å². The number of aliphatic carboxylic acids is 1. The van der Waals surface area contributed by atoms with Gasteiger partial charge in [-0.25, -0.2) is 4.79 Å². The van der Waals surface area contributed by atoms with Crippen molar-refractivity contribution in [2.45, 2.75) is 12.3 Å². The van der Waals surface area contributed by atoms with Crippen molar-refractivity contribution in [3.8, 4) is 0 Å². The van der Waals surface area contributed by atoms with Gasteiger partial charge in [-0.3, -0.25) is 4.79 Å². The Balaban J connectivity index is 1.88. The average Bonchev–Trinajstić information content (AvgIpc) is 2.86. The minimum absolute atomic E-state index is 0.296. The second-order valence-electron chi connectivity index (χ2n) is 4.39. The predicted molar refractivity (Wildman–Crippen MR) is 66.4 cm³/mol. The molecule has 1 saturated heterocycles. The molecule has 1 fully saturated rings. The molecule has 1 aliphatic heterocycles. The highest BCUT2D eigenvalue weighted by atomic mass is 16.4. The summed E-state index contributed by atoms with van der Waals surface area (Å²) in [5.74, 6) is -0.677. The van der Waals surface area contributed by atoms with Crippen molar-refractivity contribution in [2.75, 3.05) is 19.6 Å². The lowest BCUT2D eigenvalue weighted by Gasteiger charge is -2.16. The molecule has 0 aromatic heterocycles. The predicted octanol–water partition coefficient (Wildman–Crippen LogP) is 1.27. The Hall–Kier alpha value is -2.04. The lowest BCUT2D eigenvalue weighted by molar-refractivity contribution is -0.135. The first-order chi connectivity index (χ1) is 8.66. The van der Waals surface area contributed by atoms with E-state index in [4.69, 9.17) is 5.11 Å². The average molecular weight is 248 g/mol. The third-order valence-electron chi connectivity index (χ3n) is 3.14. The van der Waals surface area contributed by atoms with E-state index in [2.05, 4.69) is 17.4 Å². The number of carboxylic acid groups (broad SMARTS) is 1. The number of hydrogen-bond donors (Lipinski definition) is 2. The molecule has 1 aromatic rings. The normalized spacial score (nSPS) is 18.7. The molecule has 0 aliphatic carbocycles. The Morgan fingerprint density at radius 1 is 1.33 bits per heavy atom. The fraction of sp³-hybridized carbons (Fsp3) is 0.385. The van der Waals surface area contributed by atoms with Crippen LogP contribution in [0.2, 0.25) is 0 Å². The van der Waals surface area contributed by atoms with E-state index in [-0.39, 0.29) is 12.6 Å². The molecule has 1 atom stereocenters. The van der Waals surface area contributed by atoms with Crippen LogP contribution < -0.4 is 5.32 Å². The van der Waals surface area contributed by atoms with Gasteiger partial charge in [0.15, 0.2) is 0 Å². The fourth-order valence-corrected chi connectivity index (χ4v) is 2.21. The summed E-state index contributed by atoms with van der Waals surface area (Å²) >= 11 is 0. The lowest BCUT2D eigenvalue weighted by atomic mass is 9.99. The highest BCUT2D eigenvalue weighted by Crippen LogP contribution is 2.26. The standard InChI is InChI=1S/C13H16N2O3/c16-12(17)8-14-13(18)15-7-6-11(9-15)10-4-2-1-3-5-10/h1-5,11H,6-9H2,(H,14,18)(H,16,17). The molecular weight excluding hydrogens is 232 g/mol. The van der Waals surface area contributed by atoms with Crippen molar-refractivity contribution in [3.63, 3.8) is 0 Å². The summed E-state index contributed by atoms with van der Waals surface area (Å²) in [5, 5.41) is 10.9. The van der Waals surface area contributed by atoms with Crippen LogP contribution in [0.5, 0.6) is 0 Å². The molecule has 1 aromatic carbocycles. The molecule has 2 amide bonds. The van der Waals surface area contributed by atoms with Gasteiger partial charge in [0.2, 0.25) is 0 Å². The Bertz CT molecular complexity index is 433. The van der Waals surface area contributed by atoms with E-state index in [0.29, 0.717) is 19.0 Å². The Labute approximate surface area is 105 Å². The van der Waals surface area contributed by atoms with E-state index in [0.717, 1.165) is 6.42 Å². The number of carboxylic acids is 1. The third kappa shape index (κ3) is 3.00. The van der Waals surface area contributed by atoms with E-state index in [1.54, 1.807) is 4.90 Å². The lowest BCUT2D eigenvalue weighted by Crippen LogP contribution is -2.40. The van der Waals surface area contributed by atoms with Gasteiger partial charge < -0.3 is 15.3 Å². The molecule has 1 unspecified atom stereocenters. The number of benzene rings is 1. The number of rotatable bonds is 3. The summed E-state index contributed by atoms with van der Waals surface area (Å²) < 4.78 is 0. The molecule has 18 heavy (non-hydrogen) atoms. The smallest absolute Gasteiger partial charge is 0.323 e. The van der Waals surface area contributed by atoms with Crippen LogP contribution in [-0.2, 0) is 4.79 Å². The van der Waals surface area contributed by atoms with Gasteiger partial charge in [0, 0.05) is 19.0 Å². The number of amides is 2. The monoisotopic (exact) mass is 248 g/mol. The van der Waals surface area contributed by atoms with Crippen LogP contribution >= 0.6 is 0 Å². The molecule has 5 nitrogen and oxygen atoms in total. The SMILES string of the molecule is O=C(O)CNC(=O)N1CCC(c2ccccc2)C1. The maximum absolute atomic E-state index is 11.7. The Kier molecular flexibility index (Phi) is 3.82. The largest absolute Gasteiger partial charge is 0.480 e. The number of urea groups is 1. The topological polar surface area (TPSA) is 69.6 Å². The van der Waals surface area contributed by atoms with Crippen molar-refractivity contribution in [2.24, 2.45) is 0 Å². The van der Waals surface area contributed by atoms with Gasteiger partial charge >= 0.3 is 12.0 Å². The zero-order valence-corrected chi connectivity index (χ0v) is 10.0. The van der Waals surface area contributed by atoms with Gasteiger partial charge in [0.25, 0.3) is 0 Å². The Morgan fingerprint density at radius 2 is 2.06 bits per heavy atom. The number of hydrogen-bond acceptors (Lipinski definition) is 2. The molecule has 0 spiro atoms. The molecule has 5 heteroatoms. The first kappa shape index (κ1) is 12.4. The first-order valence-corrected chi connectivity index (χ1v) is 5.96. The Morgan fingerprint density at radius 3 is 2.72 bits per heavy atom. The summed E-state index contributed by atoms with van der Waals surface area (Å²) in [6, 6.07) is 9.77. The van der Waals surface area contributed by atoms with E-state index < -0.39 is 5.97 Å². The maximum atomic E-state index is 11.7. The van der Waals surface area contributed by atoms with Crippen LogP contribution in [0.4, 0.5) is 4.79 Å². The summed E-state index contributed by atoms with van der Waals surface area (Å²) in [7, 11) is 0. The molecule has 1 heterocycles. The van der Waals surface area contributed by atoms with Crippen LogP contribution in [0.1, 0.15) is 17.9 Å². The van der Waals surface area contributed by atoms with Crippen LogP contribution in [0.3, 0.4) is 0 Å². The van der Waals surface area contributed by atoms with E-state index in [9.17, 15) is 9.59 Å². The minimum atomic E-state index is -1.03. The van der Waals surface area contributed by atoms with Crippen molar-refractivity contribution < 1.29 is 14.7 Å². The molecule has 0 saturated carbocycles. The quantitative estimate of drug-likeness (QED) is 0.846. The van der Waals surface area contributed by atoms with Crippen LogP contribution in [0.25, 0.3) is 0 Å². The van der Waals surface area contributed by atoms with E-state index >= 15 is 0 Å². The van der Waals surface area contributed by atoms with Crippen molar-refractivity contribution >= 4 is 12.0 Å². The fourth-order valence-electron chi connectivity index (χ4n) is 2.21. The van der Waals surface area contributed by atoms with Gasteiger partial charge in [-0.2, -0.15) is 0 Å². The van der Waals surface area contributed by atoms with Gasteiger partial charge in [-0.15, -0.1) is 0 Å². The number of likely N-dealkylation sites (tertiary alicyclic amines) is 1. The zero-order valence-electron chi connectivity index (χ0n) is 10.0. The molecule has 0 bridgehead atoms. The minimum Gasteiger partial charge on any atom is -0.480 e. The number of carbonyl (C=O) groups excluding carboxylic acids is 1. The molecule has 0 radical (unpaired) electrons. The highest BCUT2D eigenvalue weighted by molar-refractivity contribution is 5.80. The number of carbonyl (C=O) groups is 2. The summed E-state index contributed by atoms with van der Waals surface area (Å²) in [4.78, 5) is 23.7. The second kappa shape index (κ2) is 5.53. The summed E-state index contributed by atoms with van der Waals surface area (Å²) in [5.41, 5.74) is 1.23. The van der Waals surface area contributed by atoms with Crippen LogP contribution in [-0.4, -0.2) is 41.6 Å². The number of nitrogens with zero attached hydrogens (tertiary/aromatic N) is 1. The molecule has 96 valence electrons. The molecule has 1 aliphatic rings. The van der Waals surface area contributed by atoms with Gasteiger partial charge in [0.05, 0.1) is 0 Å². The maximum Gasteiger partial charge on any atom is 0.323 e. The highest BCUT2D eigenvalue weighted by Gasteiger charge is 2.27. The molecule has 2 N–H and O–H groups in total. The van der Waals surface area contributed by atoms with Gasteiger partial charge in [-0.05, 0) is 12.0 Å². The van der Waals surface area contributed by atoms with Crippen molar-refractivity contribution in [3.05, 3.63) is 35.9 Å². The first-order valence-electron chi connectivity index (χ1n) is 5.96. The van der Waals surface area contributed by atoms with Crippen LogP contribution in [0.15, 0.2) is 30.3 Å². The van der Waals surface area contributed by atoms with Gasteiger partial charge in [0.1, 0.15) is 6.54 Å². The van der Waals surface area contributed by atoms with E-state index in [1.807, 2.05) is 18.2 Å². The van der Waals surface area contributed by atoms with Crippen molar-refractivity contribution in [1.82, 2.24) is 10.2 Å². The number of nitrogens with one attached hydrogen (secondary N) is 1. The third-order valence-corrected chi connectivity index (χ3v) is 3.14. The zero-order chi connectivity index (χ0) is 13.0. The molecular formula is C13H16N2O3.